The number of carboxylic acids is 1. The maximum Gasteiger partial charge on any atom is 0.348 e. The van der Waals surface area contributed by atoms with Crippen LogP contribution in [0.3, 0.4) is 0 Å². The van der Waals surface area contributed by atoms with Crippen LogP contribution in [0.2, 0.25) is 0 Å². The number of nitrogens with zero attached hydrogens (tertiary/aromatic N) is 2. The molecule has 0 bridgehead atoms. The molecule has 0 aliphatic rings. The molecular weight excluding hydrogens is 250 g/mol. The van der Waals surface area contributed by atoms with E-state index >= 15 is 0 Å². The van der Waals surface area contributed by atoms with Gasteiger partial charge in [0.2, 0.25) is 0 Å². The van der Waals surface area contributed by atoms with Crippen molar-refractivity contribution in [2.45, 2.75) is 0 Å². The molecule has 0 spiro atoms. The lowest BCUT2D eigenvalue weighted by molar-refractivity contribution is 0.0702. The van der Waals surface area contributed by atoms with Crippen LogP contribution in [0.25, 0.3) is 16.2 Å². The van der Waals surface area contributed by atoms with Gasteiger partial charge >= 0.3 is 5.97 Å². The highest BCUT2D eigenvalue weighted by molar-refractivity contribution is 7.19. The Bertz CT molecular complexity index is 745. The minimum absolute atomic E-state index is 0.267. The Kier molecular flexibility index (Phi) is 2.31. The summed E-state index contributed by atoms with van der Waals surface area (Å²) in [6, 6.07) is 7.16. The summed E-state index contributed by atoms with van der Waals surface area (Å²) in [6.45, 7) is 0. The molecule has 0 radical (unpaired) electrons. The van der Waals surface area contributed by atoms with Crippen LogP contribution in [0.4, 0.5) is 5.69 Å². The van der Waals surface area contributed by atoms with Gasteiger partial charge in [-0.2, -0.15) is 0 Å². The number of nitrogen functional groups attached to an aromatic ring is 1. The number of fused-ring (bicyclic) bond motifs is 1. The maximum absolute atomic E-state index is 11.3. The molecule has 2 aromatic heterocycles. The number of nitrogens with two attached hydrogens (primary N) is 1. The first-order valence-corrected chi connectivity index (χ1v) is 6.03. The molecular formula is C12H9N3O2S. The van der Waals surface area contributed by atoms with Crippen molar-refractivity contribution in [3.63, 3.8) is 0 Å². The summed E-state index contributed by atoms with van der Waals surface area (Å²) in [5.41, 5.74) is 7.73. The summed E-state index contributed by atoms with van der Waals surface area (Å²) < 4.78 is 1.77. The fourth-order valence-electron chi connectivity index (χ4n) is 1.89. The molecule has 6 heteroatoms. The van der Waals surface area contributed by atoms with E-state index in [0.717, 1.165) is 16.9 Å². The maximum atomic E-state index is 11.3. The standard InChI is InChI=1S/C12H9N3O2S/c13-8-3-1-2-7(6-8)9-10(11(16)17)18-12-14-4-5-15(9)12/h1-6H,13H2,(H,16,17). The van der Waals surface area contributed by atoms with Crippen LogP contribution in [-0.4, -0.2) is 20.5 Å². The third kappa shape index (κ3) is 1.54. The lowest BCUT2D eigenvalue weighted by atomic mass is 10.1. The number of hydrogen-bond donors (Lipinski definition) is 2. The van der Waals surface area contributed by atoms with E-state index in [1.165, 1.54) is 0 Å². The summed E-state index contributed by atoms with van der Waals surface area (Å²) in [5, 5.41) is 9.25. The average molecular weight is 259 g/mol. The van der Waals surface area contributed by atoms with E-state index in [2.05, 4.69) is 4.98 Å². The van der Waals surface area contributed by atoms with Gasteiger partial charge in [-0.05, 0) is 12.1 Å². The van der Waals surface area contributed by atoms with E-state index in [0.29, 0.717) is 16.3 Å². The molecule has 2 heterocycles. The van der Waals surface area contributed by atoms with Gasteiger partial charge in [-0.15, -0.1) is 0 Å². The van der Waals surface area contributed by atoms with Crippen molar-refractivity contribution < 1.29 is 9.90 Å². The summed E-state index contributed by atoms with van der Waals surface area (Å²) in [7, 11) is 0. The molecule has 0 aliphatic carbocycles. The first-order chi connectivity index (χ1) is 8.66. The normalized spacial score (nSPS) is 10.9. The monoisotopic (exact) mass is 259 g/mol. The number of benzene rings is 1. The van der Waals surface area contributed by atoms with E-state index in [1.807, 2.05) is 6.07 Å². The van der Waals surface area contributed by atoms with Crippen molar-refractivity contribution in [2.75, 3.05) is 5.73 Å². The molecule has 90 valence electrons. The summed E-state index contributed by atoms with van der Waals surface area (Å²) in [6.07, 6.45) is 3.39. The van der Waals surface area contributed by atoms with Crippen LogP contribution < -0.4 is 5.73 Å². The summed E-state index contributed by atoms with van der Waals surface area (Å²) in [4.78, 5) is 16.3. The minimum atomic E-state index is -0.956. The lowest BCUT2D eigenvalue weighted by Gasteiger charge is -2.03. The van der Waals surface area contributed by atoms with Gasteiger partial charge < -0.3 is 10.8 Å². The highest BCUT2D eigenvalue weighted by Crippen LogP contribution is 2.32. The summed E-state index contributed by atoms with van der Waals surface area (Å²) >= 11 is 1.15. The minimum Gasteiger partial charge on any atom is -0.477 e. The molecule has 0 saturated carbocycles. The van der Waals surface area contributed by atoms with E-state index < -0.39 is 5.97 Å². The fourth-order valence-corrected chi connectivity index (χ4v) is 2.83. The zero-order valence-electron chi connectivity index (χ0n) is 9.20. The average Bonchev–Trinajstić information content (AvgIpc) is 2.87. The molecule has 0 unspecified atom stereocenters. The second-order valence-electron chi connectivity index (χ2n) is 3.79. The first-order valence-electron chi connectivity index (χ1n) is 5.22. The number of hydrogen-bond acceptors (Lipinski definition) is 4. The SMILES string of the molecule is Nc1cccc(-c2c(C(=O)O)sc3nccn23)c1. The second-order valence-corrected chi connectivity index (χ2v) is 4.77. The smallest absolute Gasteiger partial charge is 0.348 e. The predicted octanol–water partition coefficient (Wildman–Crippen LogP) is 2.34. The number of aromatic carboxylic acids is 1. The largest absolute Gasteiger partial charge is 0.477 e. The lowest BCUT2D eigenvalue weighted by Crippen LogP contribution is -1.97. The molecule has 1 aromatic carbocycles. The quantitative estimate of drug-likeness (QED) is 0.692. The number of thiazole rings is 1. The van der Waals surface area contributed by atoms with Crippen LogP contribution >= 0.6 is 11.3 Å². The Morgan fingerprint density at radius 2 is 2.28 bits per heavy atom. The van der Waals surface area contributed by atoms with Gasteiger partial charge in [-0.1, -0.05) is 23.5 Å². The fraction of sp³-hybridized carbons (Fsp3) is 0. The highest BCUT2D eigenvalue weighted by Gasteiger charge is 2.19. The molecule has 5 nitrogen and oxygen atoms in total. The van der Waals surface area contributed by atoms with Gasteiger partial charge in [0, 0.05) is 23.6 Å². The van der Waals surface area contributed by atoms with Crippen LogP contribution in [-0.2, 0) is 0 Å². The predicted molar refractivity (Wildman–Crippen MR) is 69.9 cm³/mol. The van der Waals surface area contributed by atoms with Crippen LogP contribution in [0.1, 0.15) is 9.67 Å². The third-order valence-corrected chi connectivity index (χ3v) is 3.67. The Morgan fingerprint density at radius 3 is 3.00 bits per heavy atom. The van der Waals surface area contributed by atoms with Crippen LogP contribution in [0.5, 0.6) is 0 Å². The molecule has 3 N–H and O–H groups in total. The van der Waals surface area contributed by atoms with Gasteiger partial charge in [0.1, 0.15) is 4.88 Å². The Balaban J connectivity index is 2.35. The number of carboxylic acid groups (broad SMARTS) is 1. The molecule has 0 fully saturated rings. The van der Waals surface area contributed by atoms with E-state index in [-0.39, 0.29) is 4.88 Å². The van der Waals surface area contributed by atoms with E-state index in [4.69, 9.17) is 5.73 Å². The first kappa shape index (κ1) is 10.8. The molecule has 18 heavy (non-hydrogen) atoms. The summed E-state index contributed by atoms with van der Waals surface area (Å²) in [5.74, 6) is -0.956. The van der Waals surface area contributed by atoms with Gasteiger partial charge in [0.25, 0.3) is 0 Å². The highest BCUT2D eigenvalue weighted by atomic mass is 32.1. The number of imidazole rings is 1. The number of rotatable bonds is 2. The van der Waals surface area contributed by atoms with E-state index in [9.17, 15) is 9.90 Å². The number of anilines is 1. The molecule has 3 aromatic rings. The van der Waals surface area contributed by atoms with Gasteiger partial charge in [-0.3, -0.25) is 4.40 Å². The Hall–Kier alpha value is -2.34. The number of aromatic nitrogens is 2. The third-order valence-electron chi connectivity index (χ3n) is 2.61. The Labute approximate surface area is 106 Å². The molecule has 3 rings (SSSR count). The molecule has 0 saturated heterocycles. The van der Waals surface area contributed by atoms with Crippen molar-refractivity contribution in [1.82, 2.24) is 9.38 Å². The second kappa shape index (κ2) is 3.85. The Morgan fingerprint density at radius 1 is 1.44 bits per heavy atom. The van der Waals surface area contributed by atoms with Crippen molar-refractivity contribution in [2.24, 2.45) is 0 Å². The molecule has 0 amide bonds. The van der Waals surface area contributed by atoms with Crippen molar-refractivity contribution in [3.05, 3.63) is 41.5 Å². The van der Waals surface area contributed by atoms with Gasteiger partial charge in [-0.25, -0.2) is 9.78 Å². The number of carbonyl (C=O) groups is 1. The van der Waals surface area contributed by atoms with E-state index in [1.54, 1.807) is 35.0 Å². The molecule has 0 aliphatic heterocycles. The zero-order valence-corrected chi connectivity index (χ0v) is 10.0. The van der Waals surface area contributed by atoms with Crippen molar-refractivity contribution >= 4 is 28.0 Å². The van der Waals surface area contributed by atoms with Crippen molar-refractivity contribution in [3.8, 4) is 11.3 Å². The van der Waals surface area contributed by atoms with Crippen LogP contribution in [0.15, 0.2) is 36.7 Å². The van der Waals surface area contributed by atoms with Crippen molar-refractivity contribution in [1.29, 1.82) is 0 Å². The molecule has 0 atom stereocenters. The zero-order chi connectivity index (χ0) is 12.7. The van der Waals surface area contributed by atoms with Gasteiger partial charge in [0.15, 0.2) is 4.96 Å². The topological polar surface area (TPSA) is 80.6 Å². The van der Waals surface area contributed by atoms with Gasteiger partial charge in [0.05, 0.1) is 5.69 Å². The van der Waals surface area contributed by atoms with Crippen LogP contribution in [0, 0.1) is 0 Å².